The first-order valence-corrected chi connectivity index (χ1v) is 5.02. The van der Waals surface area contributed by atoms with Gasteiger partial charge in [-0.1, -0.05) is 6.07 Å². The van der Waals surface area contributed by atoms with Gasteiger partial charge in [-0.05, 0) is 23.3 Å². The van der Waals surface area contributed by atoms with Crippen LogP contribution < -0.4 is 10.1 Å². The number of hydrogen-bond donors (Lipinski definition) is 1. The first-order valence-electron chi connectivity index (χ1n) is 5.02. The summed E-state index contributed by atoms with van der Waals surface area (Å²) in [7, 11) is 0. The predicted octanol–water partition coefficient (Wildman–Crippen LogP) is 1.82. The number of ether oxygens (including phenoxy) is 2. The fraction of sp³-hybridized carbons (Fsp3) is 0.364. The van der Waals surface area contributed by atoms with Gasteiger partial charge in [-0.3, -0.25) is 0 Å². The molecule has 86 valence electrons. The Hall–Kier alpha value is -1.42. The maximum atomic E-state index is 10.9. The fourth-order valence-corrected chi connectivity index (χ4v) is 1.99. The molecule has 0 saturated carbocycles. The Labute approximate surface area is 99.3 Å². The molecule has 0 aliphatic carbocycles. The molecule has 1 fully saturated rings. The second-order valence-electron chi connectivity index (χ2n) is 3.76. The molecule has 1 saturated heterocycles. The van der Waals surface area contributed by atoms with Gasteiger partial charge in [0.25, 0.3) is 0 Å². The van der Waals surface area contributed by atoms with Crippen LogP contribution in [0.4, 0.5) is 4.79 Å². The lowest BCUT2D eigenvalue weighted by Crippen LogP contribution is -2.18. The van der Waals surface area contributed by atoms with Crippen LogP contribution in [0, 0.1) is 0 Å². The van der Waals surface area contributed by atoms with Gasteiger partial charge in [-0.2, -0.15) is 0 Å². The summed E-state index contributed by atoms with van der Waals surface area (Å²) >= 11 is 0. The minimum atomic E-state index is -0.336. The molecular formula is C11H12ClNO3. The topological polar surface area (TPSA) is 47.6 Å². The molecule has 5 heteroatoms. The van der Waals surface area contributed by atoms with Gasteiger partial charge in [-0.25, -0.2) is 4.79 Å². The molecule has 2 heterocycles. The Bertz CT molecular complexity index is 422. The van der Waals surface area contributed by atoms with Gasteiger partial charge in [0.1, 0.15) is 12.4 Å². The number of amides is 1. The number of nitrogens with one attached hydrogen (secondary N) is 1. The van der Waals surface area contributed by atoms with Crippen molar-refractivity contribution in [3.63, 3.8) is 0 Å². The van der Waals surface area contributed by atoms with Crippen molar-refractivity contribution in [1.82, 2.24) is 5.32 Å². The Kier molecular flexibility index (Phi) is 2.92. The summed E-state index contributed by atoms with van der Waals surface area (Å²) in [5.74, 6) is 0.962. The molecule has 1 aromatic carbocycles. The van der Waals surface area contributed by atoms with Gasteiger partial charge < -0.3 is 14.8 Å². The van der Waals surface area contributed by atoms with E-state index in [0.29, 0.717) is 6.61 Å². The van der Waals surface area contributed by atoms with Crippen LogP contribution in [0.15, 0.2) is 18.2 Å². The highest BCUT2D eigenvalue weighted by molar-refractivity contribution is 5.85. The lowest BCUT2D eigenvalue weighted by Gasteiger charge is -2.08. The van der Waals surface area contributed by atoms with Gasteiger partial charge in [0.05, 0.1) is 12.6 Å². The average Bonchev–Trinajstić information content (AvgIpc) is 2.84. The predicted molar refractivity (Wildman–Crippen MR) is 60.1 cm³/mol. The smallest absolute Gasteiger partial charge is 0.407 e. The fourth-order valence-electron chi connectivity index (χ4n) is 1.99. The number of fused-ring (bicyclic) bond motifs is 1. The highest BCUT2D eigenvalue weighted by atomic mass is 35.5. The van der Waals surface area contributed by atoms with Crippen molar-refractivity contribution in [3.05, 3.63) is 29.3 Å². The van der Waals surface area contributed by atoms with Gasteiger partial charge >= 0.3 is 6.09 Å². The van der Waals surface area contributed by atoms with Crippen molar-refractivity contribution in [3.8, 4) is 5.75 Å². The van der Waals surface area contributed by atoms with Crippen LogP contribution in [-0.2, 0) is 11.2 Å². The van der Waals surface area contributed by atoms with Crippen LogP contribution in [0.3, 0.4) is 0 Å². The van der Waals surface area contributed by atoms with Crippen LogP contribution in [0.25, 0.3) is 0 Å². The van der Waals surface area contributed by atoms with Crippen molar-refractivity contribution in [2.24, 2.45) is 0 Å². The summed E-state index contributed by atoms with van der Waals surface area (Å²) in [5, 5.41) is 2.76. The van der Waals surface area contributed by atoms with Crippen LogP contribution in [-0.4, -0.2) is 19.3 Å². The zero-order valence-electron chi connectivity index (χ0n) is 8.56. The van der Waals surface area contributed by atoms with E-state index < -0.39 is 0 Å². The van der Waals surface area contributed by atoms with E-state index in [9.17, 15) is 4.79 Å². The molecule has 1 aromatic rings. The van der Waals surface area contributed by atoms with Crippen molar-refractivity contribution >= 4 is 18.5 Å². The molecule has 0 spiro atoms. The summed E-state index contributed by atoms with van der Waals surface area (Å²) < 4.78 is 10.3. The number of halogens is 1. The summed E-state index contributed by atoms with van der Waals surface area (Å²) in [6.07, 6.45) is 0.613. The summed E-state index contributed by atoms with van der Waals surface area (Å²) in [5.41, 5.74) is 2.30. The molecule has 0 aromatic heterocycles. The van der Waals surface area contributed by atoms with E-state index in [1.165, 1.54) is 5.56 Å². The Morgan fingerprint density at radius 1 is 1.31 bits per heavy atom. The number of benzene rings is 1. The Balaban J connectivity index is 0.000000963. The van der Waals surface area contributed by atoms with Gasteiger partial charge in [0, 0.05) is 6.42 Å². The molecule has 0 unspecified atom stereocenters. The summed E-state index contributed by atoms with van der Waals surface area (Å²) in [6.45, 7) is 1.17. The number of hydrogen-bond acceptors (Lipinski definition) is 3. The Morgan fingerprint density at radius 2 is 2.19 bits per heavy atom. The van der Waals surface area contributed by atoms with Crippen LogP contribution in [0.2, 0.25) is 0 Å². The highest BCUT2D eigenvalue weighted by Gasteiger charge is 2.25. The molecule has 4 nitrogen and oxygen atoms in total. The third-order valence-electron chi connectivity index (χ3n) is 2.79. The van der Waals surface area contributed by atoms with Crippen molar-refractivity contribution < 1.29 is 14.3 Å². The van der Waals surface area contributed by atoms with E-state index >= 15 is 0 Å². The van der Waals surface area contributed by atoms with Gasteiger partial charge in [-0.15, -0.1) is 12.4 Å². The largest absolute Gasteiger partial charge is 0.493 e. The normalized spacial score (nSPS) is 21.5. The van der Waals surface area contributed by atoms with Crippen molar-refractivity contribution in [1.29, 1.82) is 0 Å². The minimum absolute atomic E-state index is 0. The van der Waals surface area contributed by atoms with Crippen molar-refractivity contribution in [2.45, 2.75) is 12.5 Å². The monoisotopic (exact) mass is 241 g/mol. The summed E-state index contributed by atoms with van der Waals surface area (Å²) in [6, 6.07) is 6.01. The molecule has 1 N–H and O–H groups in total. The molecule has 16 heavy (non-hydrogen) atoms. The van der Waals surface area contributed by atoms with E-state index in [1.54, 1.807) is 0 Å². The van der Waals surface area contributed by atoms with E-state index in [2.05, 4.69) is 11.4 Å². The molecule has 0 bridgehead atoms. The van der Waals surface area contributed by atoms with Crippen LogP contribution in [0.1, 0.15) is 17.2 Å². The maximum absolute atomic E-state index is 10.9. The zero-order chi connectivity index (χ0) is 10.3. The molecule has 3 rings (SSSR count). The van der Waals surface area contributed by atoms with Crippen molar-refractivity contribution in [2.75, 3.05) is 13.2 Å². The van der Waals surface area contributed by atoms with E-state index in [4.69, 9.17) is 9.47 Å². The second-order valence-corrected chi connectivity index (χ2v) is 3.76. The van der Waals surface area contributed by atoms with E-state index in [-0.39, 0.29) is 24.5 Å². The number of alkyl carbamates (subject to hydrolysis) is 1. The first kappa shape index (κ1) is 11.1. The number of cyclic esters (lactones) is 1. The molecule has 0 radical (unpaired) electrons. The zero-order valence-corrected chi connectivity index (χ0v) is 9.38. The molecule has 1 atom stereocenters. The lowest BCUT2D eigenvalue weighted by atomic mass is 10.0. The summed E-state index contributed by atoms with van der Waals surface area (Å²) in [4.78, 5) is 10.9. The Morgan fingerprint density at radius 3 is 2.94 bits per heavy atom. The maximum Gasteiger partial charge on any atom is 0.407 e. The molecular weight excluding hydrogens is 230 g/mol. The number of rotatable bonds is 1. The van der Waals surface area contributed by atoms with Crippen LogP contribution >= 0.6 is 12.4 Å². The quantitative estimate of drug-likeness (QED) is 0.816. The minimum Gasteiger partial charge on any atom is -0.493 e. The van der Waals surface area contributed by atoms with Gasteiger partial charge in [0.15, 0.2) is 0 Å². The second kappa shape index (κ2) is 4.22. The lowest BCUT2D eigenvalue weighted by molar-refractivity contribution is 0.177. The molecule has 2 aliphatic heterocycles. The van der Waals surface area contributed by atoms with E-state index in [1.807, 2.05) is 12.1 Å². The average molecular weight is 242 g/mol. The molecule has 1 amide bonds. The SMILES string of the molecule is Cl.O=C1N[C@H](c2ccc3c(c2)CCO3)CO1. The highest BCUT2D eigenvalue weighted by Crippen LogP contribution is 2.29. The number of carbonyl (C=O) groups is 1. The number of carbonyl (C=O) groups excluding carboxylic acids is 1. The standard InChI is InChI=1S/C11H11NO3.ClH/c13-11-12-9(6-15-11)7-1-2-10-8(5-7)3-4-14-10;/h1-2,5,9H,3-4,6H2,(H,12,13);1H/t9-;/m0./s1. The van der Waals surface area contributed by atoms with E-state index in [0.717, 1.165) is 24.3 Å². The van der Waals surface area contributed by atoms with Crippen LogP contribution in [0.5, 0.6) is 5.75 Å². The third-order valence-corrected chi connectivity index (χ3v) is 2.79. The third kappa shape index (κ3) is 1.80. The molecule has 2 aliphatic rings. The first-order chi connectivity index (χ1) is 7.33. The van der Waals surface area contributed by atoms with Gasteiger partial charge in [0.2, 0.25) is 0 Å².